The van der Waals surface area contributed by atoms with Crippen molar-refractivity contribution >= 4 is 11.9 Å². The fraction of sp³-hybridized carbons (Fsp3) is 0.600. The molecule has 1 aliphatic rings. The maximum absolute atomic E-state index is 11.9. The van der Waals surface area contributed by atoms with Crippen molar-refractivity contribution in [3.05, 3.63) is 24.2 Å². The Kier molecular flexibility index (Phi) is 5.01. The molecule has 0 aromatic carbocycles. The zero-order valence-electron chi connectivity index (χ0n) is 12.3. The number of piperidine rings is 1. The fourth-order valence-electron chi connectivity index (χ4n) is 2.83. The van der Waals surface area contributed by atoms with E-state index in [0.29, 0.717) is 31.7 Å². The van der Waals surface area contributed by atoms with E-state index < -0.39 is 11.4 Å². The number of rotatable bonds is 6. The number of aliphatic carboxylic acids is 1. The van der Waals surface area contributed by atoms with E-state index in [9.17, 15) is 14.7 Å². The SMILES string of the molecule is CCC1(C(=O)O)CCCN(CC(=O)NCc2ccco2)C1. The van der Waals surface area contributed by atoms with Crippen molar-refractivity contribution in [2.45, 2.75) is 32.7 Å². The minimum absolute atomic E-state index is 0.108. The summed E-state index contributed by atoms with van der Waals surface area (Å²) in [6, 6.07) is 3.57. The van der Waals surface area contributed by atoms with Gasteiger partial charge in [0, 0.05) is 6.54 Å². The minimum Gasteiger partial charge on any atom is -0.481 e. The van der Waals surface area contributed by atoms with E-state index in [2.05, 4.69) is 5.32 Å². The predicted octanol–water partition coefficient (Wildman–Crippen LogP) is 1.47. The average Bonchev–Trinajstić information content (AvgIpc) is 2.98. The number of amides is 1. The summed E-state index contributed by atoms with van der Waals surface area (Å²) in [7, 11) is 0. The quantitative estimate of drug-likeness (QED) is 0.830. The normalized spacial score (nSPS) is 22.9. The van der Waals surface area contributed by atoms with Crippen molar-refractivity contribution in [3.63, 3.8) is 0 Å². The van der Waals surface area contributed by atoms with E-state index in [0.717, 1.165) is 13.0 Å². The molecule has 1 fully saturated rings. The Labute approximate surface area is 124 Å². The zero-order chi connectivity index (χ0) is 15.3. The van der Waals surface area contributed by atoms with E-state index >= 15 is 0 Å². The van der Waals surface area contributed by atoms with Crippen molar-refractivity contribution in [2.75, 3.05) is 19.6 Å². The van der Waals surface area contributed by atoms with Gasteiger partial charge in [-0.15, -0.1) is 0 Å². The molecule has 1 saturated heterocycles. The van der Waals surface area contributed by atoms with E-state index in [1.54, 1.807) is 18.4 Å². The second-order valence-electron chi connectivity index (χ2n) is 5.61. The molecule has 0 radical (unpaired) electrons. The van der Waals surface area contributed by atoms with Crippen molar-refractivity contribution in [1.29, 1.82) is 0 Å². The van der Waals surface area contributed by atoms with Crippen LogP contribution in [-0.2, 0) is 16.1 Å². The van der Waals surface area contributed by atoms with Gasteiger partial charge in [0.1, 0.15) is 5.76 Å². The number of hydrogen-bond donors (Lipinski definition) is 2. The largest absolute Gasteiger partial charge is 0.481 e. The van der Waals surface area contributed by atoms with E-state index in [1.807, 2.05) is 11.8 Å². The van der Waals surface area contributed by atoms with Crippen molar-refractivity contribution in [3.8, 4) is 0 Å². The molecule has 1 atom stereocenters. The number of carbonyl (C=O) groups is 2. The van der Waals surface area contributed by atoms with E-state index in [1.165, 1.54) is 0 Å². The summed E-state index contributed by atoms with van der Waals surface area (Å²) in [5, 5.41) is 12.2. The molecule has 1 aliphatic heterocycles. The molecule has 6 heteroatoms. The molecule has 116 valence electrons. The topological polar surface area (TPSA) is 82.8 Å². The molecule has 1 aromatic heterocycles. The van der Waals surface area contributed by atoms with Gasteiger partial charge in [0.05, 0.1) is 24.8 Å². The molecule has 6 nitrogen and oxygen atoms in total. The molecule has 2 N–H and O–H groups in total. The highest BCUT2D eigenvalue weighted by atomic mass is 16.4. The number of nitrogens with one attached hydrogen (secondary N) is 1. The van der Waals surface area contributed by atoms with Crippen LogP contribution >= 0.6 is 0 Å². The highest BCUT2D eigenvalue weighted by Crippen LogP contribution is 2.33. The second-order valence-corrected chi connectivity index (χ2v) is 5.61. The molecule has 2 rings (SSSR count). The monoisotopic (exact) mass is 294 g/mol. The van der Waals surface area contributed by atoms with Crippen LogP contribution in [0.25, 0.3) is 0 Å². The molecular formula is C15H22N2O4. The summed E-state index contributed by atoms with van der Waals surface area (Å²) in [6.07, 6.45) is 3.65. The number of furan rings is 1. The first-order valence-corrected chi connectivity index (χ1v) is 7.30. The lowest BCUT2D eigenvalue weighted by atomic mass is 9.77. The van der Waals surface area contributed by atoms with E-state index in [-0.39, 0.29) is 12.5 Å². The average molecular weight is 294 g/mol. The fourth-order valence-corrected chi connectivity index (χ4v) is 2.83. The first kappa shape index (κ1) is 15.6. The molecular weight excluding hydrogens is 272 g/mol. The number of likely N-dealkylation sites (tertiary alicyclic amines) is 1. The van der Waals surface area contributed by atoms with Crippen molar-refractivity contribution < 1.29 is 19.1 Å². The van der Waals surface area contributed by atoms with Crippen LogP contribution in [0.3, 0.4) is 0 Å². The lowest BCUT2D eigenvalue weighted by Gasteiger charge is -2.39. The van der Waals surface area contributed by atoms with Gasteiger partial charge < -0.3 is 14.8 Å². The molecule has 0 bridgehead atoms. The maximum atomic E-state index is 11.9. The molecule has 1 amide bonds. The van der Waals surface area contributed by atoms with Gasteiger partial charge >= 0.3 is 5.97 Å². The third-order valence-electron chi connectivity index (χ3n) is 4.19. The van der Waals surface area contributed by atoms with Crippen LogP contribution in [0.1, 0.15) is 31.9 Å². The van der Waals surface area contributed by atoms with Gasteiger partial charge in [0.25, 0.3) is 0 Å². The summed E-state index contributed by atoms with van der Waals surface area (Å²) in [5.74, 6) is -0.162. The molecule has 0 spiro atoms. The maximum Gasteiger partial charge on any atom is 0.310 e. The Morgan fingerprint density at radius 2 is 2.33 bits per heavy atom. The van der Waals surface area contributed by atoms with Gasteiger partial charge in [-0.2, -0.15) is 0 Å². The zero-order valence-corrected chi connectivity index (χ0v) is 12.3. The summed E-state index contributed by atoms with van der Waals surface area (Å²) in [5.41, 5.74) is -0.709. The van der Waals surface area contributed by atoms with Crippen LogP contribution in [-0.4, -0.2) is 41.5 Å². The summed E-state index contributed by atoms with van der Waals surface area (Å²) in [6.45, 7) is 3.69. The van der Waals surface area contributed by atoms with Crippen LogP contribution in [0.5, 0.6) is 0 Å². The third kappa shape index (κ3) is 3.85. The van der Waals surface area contributed by atoms with Gasteiger partial charge in [-0.1, -0.05) is 6.92 Å². The Morgan fingerprint density at radius 1 is 1.52 bits per heavy atom. The molecule has 1 aromatic rings. The Bertz CT molecular complexity index is 486. The van der Waals surface area contributed by atoms with Crippen molar-refractivity contribution in [1.82, 2.24) is 10.2 Å². The van der Waals surface area contributed by atoms with Gasteiger partial charge in [-0.05, 0) is 37.9 Å². The van der Waals surface area contributed by atoms with Crippen LogP contribution in [0.2, 0.25) is 0 Å². The van der Waals surface area contributed by atoms with Gasteiger partial charge in [-0.25, -0.2) is 0 Å². The van der Waals surface area contributed by atoms with Gasteiger partial charge in [-0.3, -0.25) is 14.5 Å². The number of carbonyl (C=O) groups excluding carboxylic acids is 1. The number of hydrogen-bond acceptors (Lipinski definition) is 4. The molecule has 21 heavy (non-hydrogen) atoms. The lowest BCUT2D eigenvalue weighted by Crippen LogP contribution is -2.50. The number of carboxylic acid groups (broad SMARTS) is 1. The molecule has 0 aliphatic carbocycles. The first-order chi connectivity index (χ1) is 10.1. The first-order valence-electron chi connectivity index (χ1n) is 7.30. The van der Waals surface area contributed by atoms with Crippen LogP contribution in [0, 0.1) is 5.41 Å². The Hall–Kier alpha value is -1.82. The summed E-state index contributed by atoms with van der Waals surface area (Å²) >= 11 is 0. The van der Waals surface area contributed by atoms with Gasteiger partial charge in [0.15, 0.2) is 0 Å². The molecule has 2 heterocycles. The van der Waals surface area contributed by atoms with Gasteiger partial charge in [0.2, 0.25) is 5.91 Å². The van der Waals surface area contributed by atoms with Crippen molar-refractivity contribution in [2.24, 2.45) is 5.41 Å². The standard InChI is InChI=1S/C15H22N2O4/c1-2-15(14(19)20)6-4-7-17(11-15)10-13(18)16-9-12-5-3-8-21-12/h3,5,8H,2,4,6-7,9-11H2,1H3,(H,16,18)(H,19,20). The summed E-state index contributed by atoms with van der Waals surface area (Å²) < 4.78 is 5.15. The molecule has 1 unspecified atom stereocenters. The predicted molar refractivity (Wildman–Crippen MR) is 76.6 cm³/mol. The van der Waals surface area contributed by atoms with Crippen LogP contribution in [0.4, 0.5) is 0 Å². The number of carboxylic acids is 1. The number of nitrogens with zero attached hydrogens (tertiary/aromatic N) is 1. The second kappa shape index (κ2) is 6.76. The smallest absolute Gasteiger partial charge is 0.310 e. The Morgan fingerprint density at radius 3 is 2.95 bits per heavy atom. The minimum atomic E-state index is -0.759. The lowest BCUT2D eigenvalue weighted by molar-refractivity contribution is -0.153. The molecule has 0 saturated carbocycles. The van der Waals surface area contributed by atoms with E-state index in [4.69, 9.17) is 4.42 Å². The third-order valence-corrected chi connectivity index (χ3v) is 4.19. The van der Waals surface area contributed by atoms with Crippen LogP contribution < -0.4 is 5.32 Å². The highest BCUT2D eigenvalue weighted by Gasteiger charge is 2.40. The highest BCUT2D eigenvalue weighted by molar-refractivity contribution is 5.78. The summed E-state index contributed by atoms with van der Waals surface area (Å²) in [4.78, 5) is 25.3. The Balaban J connectivity index is 1.84. The van der Waals surface area contributed by atoms with Crippen LogP contribution in [0.15, 0.2) is 22.8 Å².